The van der Waals surface area contributed by atoms with Crippen LogP contribution in [0, 0.1) is 5.82 Å². The number of hydrogen-bond donors (Lipinski definition) is 1. The van der Waals surface area contributed by atoms with Crippen molar-refractivity contribution in [2.24, 2.45) is 0 Å². The third-order valence-corrected chi connectivity index (χ3v) is 6.18. The quantitative estimate of drug-likeness (QED) is 0.460. The predicted molar refractivity (Wildman–Crippen MR) is 112 cm³/mol. The molecule has 1 amide bonds. The molecule has 0 aliphatic heterocycles. The van der Waals surface area contributed by atoms with Gasteiger partial charge in [0.1, 0.15) is 5.82 Å². The van der Waals surface area contributed by atoms with E-state index in [1.54, 1.807) is 34.3 Å². The van der Waals surface area contributed by atoms with Crippen molar-refractivity contribution in [3.05, 3.63) is 70.4 Å². The number of nitrogens with zero attached hydrogens (tertiary/aromatic N) is 4. The van der Waals surface area contributed by atoms with E-state index in [-0.39, 0.29) is 11.7 Å². The number of aromatic nitrogens is 4. The van der Waals surface area contributed by atoms with Crippen LogP contribution in [0.25, 0.3) is 26.6 Å². The highest BCUT2D eigenvalue weighted by Gasteiger charge is 2.14. The summed E-state index contributed by atoms with van der Waals surface area (Å²) in [7, 11) is 0. The number of benzene rings is 2. The SMILES string of the molecule is O=C(NCCc1csc2nc(-c3ccccc3F)nn12)c1ccc2ncsc2c1. The van der Waals surface area contributed by atoms with Crippen LogP contribution in [0.5, 0.6) is 0 Å². The fraction of sp³-hybridized carbons (Fsp3) is 0.100. The number of hydrogen-bond acceptors (Lipinski definition) is 6. The molecule has 0 fully saturated rings. The summed E-state index contributed by atoms with van der Waals surface area (Å²) >= 11 is 2.95. The van der Waals surface area contributed by atoms with Gasteiger partial charge in [0.05, 0.1) is 27.0 Å². The van der Waals surface area contributed by atoms with Crippen molar-refractivity contribution >= 4 is 43.8 Å². The first-order chi connectivity index (χ1) is 14.2. The van der Waals surface area contributed by atoms with Gasteiger partial charge in [0.15, 0.2) is 5.82 Å². The number of fused-ring (bicyclic) bond motifs is 2. The smallest absolute Gasteiger partial charge is 0.251 e. The van der Waals surface area contributed by atoms with Gasteiger partial charge in [-0.05, 0) is 30.3 Å². The monoisotopic (exact) mass is 423 g/mol. The molecule has 0 saturated heterocycles. The van der Waals surface area contributed by atoms with Gasteiger partial charge >= 0.3 is 0 Å². The zero-order valence-electron chi connectivity index (χ0n) is 15.0. The lowest BCUT2D eigenvalue weighted by Crippen LogP contribution is -2.25. The molecule has 1 N–H and O–H groups in total. The number of carbonyl (C=O) groups excluding carboxylic acids is 1. The van der Waals surface area contributed by atoms with Crippen molar-refractivity contribution in [3.63, 3.8) is 0 Å². The molecule has 0 aliphatic rings. The van der Waals surface area contributed by atoms with Crippen molar-refractivity contribution < 1.29 is 9.18 Å². The fourth-order valence-corrected chi connectivity index (χ4v) is 4.63. The van der Waals surface area contributed by atoms with Crippen LogP contribution in [0.3, 0.4) is 0 Å². The summed E-state index contributed by atoms with van der Waals surface area (Å²) in [4.78, 5) is 21.8. The summed E-state index contributed by atoms with van der Waals surface area (Å²) in [5.41, 5.74) is 4.56. The van der Waals surface area contributed by atoms with Gasteiger partial charge in [-0.25, -0.2) is 13.9 Å². The van der Waals surface area contributed by atoms with Gasteiger partial charge in [-0.15, -0.1) is 27.8 Å². The minimum atomic E-state index is -0.350. The minimum Gasteiger partial charge on any atom is -0.352 e. The zero-order valence-corrected chi connectivity index (χ0v) is 16.6. The molecule has 29 heavy (non-hydrogen) atoms. The number of thiazole rings is 2. The Kier molecular flexibility index (Phi) is 4.53. The van der Waals surface area contributed by atoms with E-state index in [1.165, 1.54) is 28.7 Å². The predicted octanol–water partition coefficient (Wildman–Crippen LogP) is 4.18. The van der Waals surface area contributed by atoms with Gasteiger partial charge < -0.3 is 5.32 Å². The van der Waals surface area contributed by atoms with Crippen LogP contribution in [0.2, 0.25) is 0 Å². The molecule has 0 atom stereocenters. The van der Waals surface area contributed by atoms with Crippen LogP contribution in [0.15, 0.2) is 53.4 Å². The molecule has 5 aromatic rings. The summed E-state index contributed by atoms with van der Waals surface area (Å²) < 4.78 is 16.7. The molecule has 3 heterocycles. The first kappa shape index (κ1) is 17.9. The Balaban J connectivity index is 1.29. The topological polar surface area (TPSA) is 72.2 Å². The number of carbonyl (C=O) groups is 1. The van der Waals surface area contributed by atoms with Gasteiger partial charge in [0, 0.05) is 23.9 Å². The van der Waals surface area contributed by atoms with E-state index < -0.39 is 0 Å². The van der Waals surface area contributed by atoms with E-state index in [2.05, 4.69) is 20.4 Å². The molecule has 0 saturated carbocycles. The Hall–Kier alpha value is -3.17. The highest BCUT2D eigenvalue weighted by molar-refractivity contribution is 7.16. The van der Waals surface area contributed by atoms with Gasteiger partial charge in [-0.2, -0.15) is 4.98 Å². The fourth-order valence-electron chi connectivity index (χ4n) is 3.06. The molecule has 0 spiro atoms. The Morgan fingerprint density at radius 2 is 2.07 bits per heavy atom. The molecule has 0 aliphatic carbocycles. The normalized spacial score (nSPS) is 11.3. The summed E-state index contributed by atoms with van der Waals surface area (Å²) in [6.07, 6.45) is 0.592. The maximum absolute atomic E-state index is 14.0. The van der Waals surface area contributed by atoms with E-state index in [0.717, 1.165) is 15.9 Å². The molecule has 0 bridgehead atoms. The van der Waals surface area contributed by atoms with Crippen LogP contribution >= 0.6 is 22.7 Å². The second-order valence-electron chi connectivity index (χ2n) is 6.38. The van der Waals surface area contributed by atoms with E-state index in [9.17, 15) is 9.18 Å². The van der Waals surface area contributed by atoms with Crippen LogP contribution in [-0.4, -0.2) is 32.0 Å². The van der Waals surface area contributed by atoms with Crippen molar-refractivity contribution in [3.8, 4) is 11.4 Å². The molecule has 2 aromatic carbocycles. The molecular weight excluding hydrogens is 409 g/mol. The number of halogens is 1. The standard InChI is InChI=1S/C20H14FN5OS2/c21-15-4-2-1-3-14(15)18-24-20-26(25-18)13(10-28-20)7-8-22-19(27)12-5-6-16-17(9-12)29-11-23-16/h1-6,9-11H,7-8H2,(H,22,27). The maximum atomic E-state index is 14.0. The lowest BCUT2D eigenvalue weighted by molar-refractivity contribution is 0.0954. The largest absolute Gasteiger partial charge is 0.352 e. The molecule has 0 radical (unpaired) electrons. The Labute approximate surface area is 172 Å². The Bertz CT molecular complexity index is 1340. The highest BCUT2D eigenvalue weighted by atomic mass is 32.1. The Morgan fingerprint density at radius 3 is 2.97 bits per heavy atom. The molecule has 3 aromatic heterocycles. The van der Waals surface area contributed by atoms with Crippen LogP contribution < -0.4 is 5.32 Å². The molecule has 5 rings (SSSR count). The van der Waals surface area contributed by atoms with E-state index >= 15 is 0 Å². The zero-order chi connectivity index (χ0) is 19.8. The van der Waals surface area contributed by atoms with Crippen molar-refractivity contribution in [2.75, 3.05) is 6.54 Å². The third kappa shape index (κ3) is 3.39. The van der Waals surface area contributed by atoms with Gasteiger partial charge in [0.2, 0.25) is 4.96 Å². The number of amides is 1. The van der Waals surface area contributed by atoms with Crippen LogP contribution in [-0.2, 0) is 6.42 Å². The van der Waals surface area contributed by atoms with Crippen LogP contribution in [0.1, 0.15) is 16.1 Å². The lowest BCUT2D eigenvalue weighted by atomic mass is 10.2. The van der Waals surface area contributed by atoms with E-state index in [1.807, 2.05) is 17.5 Å². The summed E-state index contributed by atoms with van der Waals surface area (Å²) in [6.45, 7) is 0.459. The first-order valence-electron chi connectivity index (χ1n) is 8.88. The molecular formula is C20H14FN5OS2. The lowest BCUT2D eigenvalue weighted by Gasteiger charge is -2.05. The van der Waals surface area contributed by atoms with E-state index in [4.69, 9.17) is 0 Å². The average molecular weight is 423 g/mol. The second-order valence-corrected chi connectivity index (χ2v) is 8.10. The first-order valence-corrected chi connectivity index (χ1v) is 10.6. The maximum Gasteiger partial charge on any atom is 0.251 e. The Morgan fingerprint density at radius 1 is 1.17 bits per heavy atom. The average Bonchev–Trinajstić information content (AvgIpc) is 3.44. The number of nitrogens with one attached hydrogen (secondary N) is 1. The molecule has 144 valence electrons. The van der Waals surface area contributed by atoms with Gasteiger partial charge in [-0.3, -0.25) is 4.79 Å². The second kappa shape index (κ2) is 7.34. The minimum absolute atomic E-state index is 0.127. The van der Waals surface area contributed by atoms with E-state index in [0.29, 0.717) is 34.9 Å². The van der Waals surface area contributed by atoms with Crippen molar-refractivity contribution in [2.45, 2.75) is 6.42 Å². The number of rotatable bonds is 5. The van der Waals surface area contributed by atoms with Gasteiger partial charge in [0.25, 0.3) is 5.91 Å². The van der Waals surface area contributed by atoms with Gasteiger partial charge in [-0.1, -0.05) is 12.1 Å². The summed E-state index contributed by atoms with van der Waals surface area (Å²) in [6, 6.07) is 11.9. The molecule has 9 heteroatoms. The summed E-state index contributed by atoms with van der Waals surface area (Å²) in [5, 5.41) is 9.33. The van der Waals surface area contributed by atoms with Crippen molar-refractivity contribution in [1.82, 2.24) is 24.9 Å². The van der Waals surface area contributed by atoms with Crippen molar-refractivity contribution in [1.29, 1.82) is 0 Å². The highest BCUT2D eigenvalue weighted by Crippen LogP contribution is 2.23. The van der Waals surface area contributed by atoms with Crippen LogP contribution in [0.4, 0.5) is 4.39 Å². The summed E-state index contributed by atoms with van der Waals surface area (Å²) in [5.74, 6) is -0.118. The molecule has 0 unspecified atom stereocenters. The molecule has 6 nitrogen and oxygen atoms in total. The third-order valence-electron chi connectivity index (χ3n) is 4.52.